The van der Waals surface area contributed by atoms with Crippen LogP contribution in [-0.2, 0) is 22.5 Å². The van der Waals surface area contributed by atoms with E-state index >= 15 is 0 Å². The molecule has 1 saturated heterocycles. The van der Waals surface area contributed by atoms with Gasteiger partial charge in [-0.3, -0.25) is 9.59 Å². The predicted octanol–water partition coefficient (Wildman–Crippen LogP) is 2.03. The fraction of sp³-hybridized carbons (Fsp3) is 0.429. The molecule has 0 saturated carbocycles. The van der Waals surface area contributed by atoms with Gasteiger partial charge in [-0.1, -0.05) is 18.2 Å². The first-order chi connectivity index (χ1) is 13.1. The average molecular weight is 370 g/mol. The van der Waals surface area contributed by atoms with E-state index < -0.39 is 0 Å². The van der Waals surface area contributed by atoms with E-state index in [-0.39, 0.29) is 17.6 Å². The van der Waals surface area contributed by atoms with E-state index in [1.165, 1.54) is 6.07 Å². The number of carbonyl (C=O) groups is 1. The van der Waals surface area contributed by atoms with Crippen LogP contribution in [0, 0.1) is 6.92 Å². The third-order valence-corrected chi connectivity index (χ3v) is 4.91. The van der Waals surface area contributed by atoms with Crippen LogP contribution in [0.3, 0.4) is 0 Å². The SMILES string of the molecule is COc1cccc(C[C@H]2CN(C(=O)CCn3c(C)cccc3=O)CCO2)c1. The zero-order chi connectivity index (χ0) is 19.2. The first-order valence-corrected chi connectivity index (χ1v) is 9.25. The van der Waals surface area contributed by atoms with Crippen molar-refractivity contribution in [3.8, 4) is 5.75 Å². The van der Waals surface area contributed by atoms with Gasteiger partial charge in [0.25, 0.3) is 5.56 Å². The Morgan fingerprint density at radius 2 is 2.07 bits per heavy atom. The minimum absolute atomic E-state index is 0.0315. The smallest absolute Gasteiger partial charge is 0.250 e. The van der Waals surface area contributed by atoms with Crippen molar-refractivity contribution in [2.45, 2.75) is 32.4 Å². The van der Waals surface area contributed by atoms with Gasteiger partial charge in [0.2, 0.25) is 5.91 Å². The number of ether oxygens (including phenoxy) is 2. The molecule has 6 nitrogen and oxygen atoms in total. The molecule has 1 aliphatic rings. The Morgan fingerprint density at radius 1 is 1.26 bits per heavy atom. The zero-order valence-corrected chi connectivity index (χ0v) is 15.9. The Kier molecular flexibility index (Phi) is 6.29. The largest absolute Gasteiger partial charge is 0.497 e. The average Bonchev–Trinajstić information content (AvgIpc) is 2.68. The molecule has 0 bridgehead atoms. The standard InChI is InChI=1S/C21H26N2O4/c1-16-5-3-8-21(25)23(16)10-9-20(24)22-11-12-27-19(15-22)14-17-6-4-7-18(13-17)26-2/h3-8,13,19H,9-12,14-15H2,1-2H3/t19-/m0/s1. The van der Waals surface area contributed by atoms with Gasteiger partial charge in [0, 0.05) is 44.2 Å². The molecular formula is C21H26N2O4. The topological polar surface area (TPSA) is 60.8 Å². The summed E-state index contributed by atoms with van der Waals surface area (Å²) >= 11 is 0. The molecule has 27 heavy (non-hydrogen) atoms. The van der Waals surface area contributed by atoms with Crippen LogP contribution in [0.25, 0.3) is 0 Å². The molecule has 1 aromatic heterocycles. The van der Waals surface area contributed by atoms with Crippen molar-refractivity contribution in [1.29, 1.82) is 0 Å². The number of carbonyl (C=O) groups excluding carboxylic acids is 1. The van der Waals surface area contributed by atoms with Crippen molar-refractivity contribution in [3.05, 3.63) is 64.1 Å². The lowest BCUT2D eigenvalue weighted by atomic mass is 10.1. The van der Waals surface area contributed by atoms with Crippen LogP contribution in [0.4, 0.5) is 0 Å². The molecule has 0 N–H and O–H groups in total. The number of benzene rings is 1. The number of aryl methyl sites for hydroxylation is 1. The summed E-state index contributed by atoms with van der Waals surface area (Å²) in [6, 6.07) is 13.0. The van der Waals surface area contributed by atoms with Crippen molar-refractivity contribution >= 4 is 5.91 Å². The molecule has 0 radical (unpaired) electrons. The predicted molar refractivity (Wildman–Crippen MR) is 103 cm³/mol. The summed E-state index contributed by atoms with van der Waals surface area (Å²) < 4.78 is 12.8. The molecular weight excluding hydrogens is 344 g/mol. The highest BCUT2D eigenvalue weighted by Crippen LogP contribution is 2.17. The van der Waals surface area contributed by atoms with Gasteiger partial charge in [0.05, 0.1) is 19.8 Å². The number of pyridine rings is 1. The van der Waals surface area contributed by atoms with Gasteiger partial charge in [-0.2, -0.15) is 0 Å². The molecule has 1 aromatic carbocycles. The fourth-order valence-corrected chi connectivity index (χ4v) is 3.41. The van der Waals surface area contributed by atoms with Crippen LogP contribution in [0.2, 0.25) is 0 Å². The highest BCUT2D eigenvalue weighted by molar-refractivity contribution is 5.76. The summed E-state index contributed by atoms with van der Waals surface area (Å²) in [6.45, 7) is 3.98. The molecule has 1 aliphatic heterocycles. The van der Waals surface area contributed by atoms with Gasteiger partial charge in [-0.05, 0) is 30.7 Å². The first kappa shape index (κ1) is 19.2. The molecule has 0 unspecified atom stereocenters. The van der Waals surface area contributed by atoms with Gasteiger partial charge >= 0.3 is 0 Å². The third-order valence-electron chi connectivity index (χ3n) is 4.91. The van der Waals surface area contributed by atoms with Gasteiger partial charge in [-0.15, -0.1) is 0 Å². The summed E-state index contributed by atoms with van der Waals surface area (Å²) in [5, 5.41) is 0. The molecule has 1 fully saturated rings. The van der Waals surface area contributed by atoms with Crippen LogP contribution in [-0.4, -0.2) is 48.3 Å². The lowest BCUT2D eigenvalue weighted by molar-refractivity contribution is -0.139. The number of nitrogens with zero attached hydrogens (tertiary/aromatic N) is 2. The Labute approximate surface area is 159 Å². The van der Waals surface area contributed by atoms with Gasteiger partial charge in [-0.25, -0.2) is 0 Å². The number of morpholine rings is 1. The van der Waals surface area contributed by atoms with Gasteiger partial charge in [0.15, 0.2) is 0 Å². The number of amides is 1. The maximum absolute atomic E-state index is 12.6. The molecule has 1 amide bonds. The first-order valence-electron chi connectivity index (χ1n) is 9.25. The number of aromatic nitrogens is 1. The van der Waals surface area contributed by atoms with Crippen LogP contribution in [0.1, 0.15) is 17.7 Å². The number of rotatable bonds is 6. The number of hydrogen-bond donors (Lipinski definition) is 0. The molecule has 0 spiro atoms. The minimum Gasteiger partial charge on any atom is -0.497 e. The quantitative estimate of drug-likeness (QED) is 0.781. The van der Waals surface area contributed by atoms with Gasteiger partial charge < -0.3 is 18.9 Å². The third kappa shape index (κ3) is 4.98. The van der Waals surface area contributed by atoms with Crippen LogP contribution in [0.15, 0.2) is 47.3 Å². The van der Waals surface area contributed by atoms with Gasteiger partial charge in [0.1, 0.15) is 5.75 Å². The lowest BCUT2D eigenvalue weighted by Crippen LogP contribution is -2.46. The second-order valence-corrected chi connectivity index (χ2v) is 6.80. The van der Waals surface area contributed by atoms with Crippen LogP contribution >= 0.6 is 0 Å². The van der Waals surface area contributed by atoms with Crippen molar-refractivity contribution in [2.24, 2.45) is 0 Å². The van der Waals surface area contributed by atoms with Crippen molar-refractivity contribution in [2.75, 3.05) is 26.8 Å². The van der Waals surface area contributed by atoms with Crippen LogP contribution in [0.5, 0.6) is 5.75 Å². The molecule has 6 heteroatoms. The lowest BCUT2D eigenvalue weighted by Gasteiger charge is -2.33. The second-order valence-electron chi connectivity index (χ2n) is 6.80. The van der Waals surface area contributed by atoms with Crippen LogP contribution < -0.4 is 10.3 Å². The molecule has 2 heterocycles. The summed E-state index contributed by atoms with van der Waals surface area (Å²) in [6.07, 6.45) is 1.02. The maximum atomic E-state index is 12.6. The maximum Gasteiger partial charge on any atom is 0.250 e. The van der Waals surface area contributed by atoms with E-state index in [1.807, 2.05) is 42.2 Å². The van der Waals surface area contributed by atoms with E-state index in [4.69, 9.17) is 9.47 Å². The molecule has 1 atom stereocenters. The van der Waals surface area contributed by atoms with E-state index in [1.54, 1.807) is 17.7 Å². The summed E-state index contributed by atoms with van der Waals surface area (Å²) in [5.41, 5.74) is 1.92. The zero-order valence-electron chi connectivity index (χ0n) is 15.9. The fourth-order valence-electron chi connectivity index (χ4n) is 3.41. The van der Waals surface area contributed by atoms with E-state index in [0.29, 0.717) is 32.7 Å². The van der Waals surface area contributed by atoms with Crippen molar-refractivity contribution in [1.82, 2.24) is 9.47 Å². The molecule has 0 aliphatic carbocycles. The Balaban J connectivity index is 1.57. The van der Waals surface area contributed by atoms with Crippen molar-refractivity contribution in [3.63, 3.8) is 0 Å². The second kappa shape index (κ2) is 8.86. The van der Waals surface area contributed by atoms with E-state index in [0.717, 1.165) is 23.4 Å². The molecule has 2 aromatic rings. The normalized spacial score (nSPS) is 17.0. The molecule has 144 valence electrons. The molecule has 3 rings (SSSR count). The highest BCUT2D eigenvalue weighted by atomic mass is 16.5. The minimum atomic E-state index is -0.0688. The monoisotopic (exact) mass is 370 g/mol. The van der Waals surface area contributed by atoms with E-state index in [2.05, 4.69) is 0 Å². The summed E-state index contributed by atoms with van der Waals surface area (Å²) in [5.74, 6) is 0.879. The Hall–Kier alpha value is -2.60. The van der Waals surface area contributed by atoms with E-state index in [9.17, 15) is 9.59 Å². The Morgan fingerprint density at radius 3 is 2.85 bits per heavy atom. The number of hydrogen-bond acceptors (Lipinski definition) is 4. The highest BCUT2D eigenvalue weighted by Gasteiger charge is 2.24. The van der Waals surface area contributed by atoms with Crippen molar-refractivity contribution < 1.29 is 14.3 Å². The summed E-state index contributed by atoms with van der Waals surface area (Å²) in [7, 11) is 1.65. The number of methoxy groups -OCH3 is 1. The Bertz CT molecular complexity index is 846. The summed E-state index contributed by atoms with van der Waals surface area (Å²) in [4.78, 5) is 26.4.